The molecule has 8 nitrogen and oxygen atoms in total. The highest BCUT2D eigenvalue weighted by Gasteiger charge is 2.16. The van der Waals surface area contributed by atoms with Crippen molar-refractivity contribution in [1.82, 2.24) is 0 Å². The molecule has 0 atom stereocenters. The number of benzene rings is 2. The molecule has 0 bridgehead atoms. The van der Waals surface area contributed by atoms with E-state index in [4.69, 9.17) is 23.4 Å². The van der Waals surface area contributed by atoms with Gasteiger partial charge in [-0.3, -0.25) is 10.0 Å². The number of anilines is 2. The molecule has 0 heterocycles. The minimum atomic E-state index is 0.369. The number of hydrazine groups is 2. The van der Waals surface area contributed by atoms with Crippen LogP contribution < -0.4 is 33.4 Å². The Morgan fingerprint density at radius 2 is 1.00 bits per heavy atom. The van der Waals surface area contributed by atoms with Crippen molar-refractivity contribution in [2.75, 3.05) is 10.0 Å². The largest absolute Gasteiger partial charge is 0.321 e. The van der Waals surface area contributed by atoms with Crippen molar-refractivity contribution in [2.45, 2.75) is 0 Å². The molecule has 2 aromatic rings. The van der Waals surface area contributed by atoms with Gasteiger partial charge in [0.05, 0.1) is 11.4 Å². The molecular formula is C14H18N8S2. The number of amidine groups is 2. The molecule has 0 unspecified atom stereocenters. The van der Waals surface area contributed by atoms with Crippen LogP contribution in [0.1, 0.15) is 0 Å². The van der Waals surface area contributed by atoms with Crippen molar-refractivity contribution >= 4 is 43.3 Å². The summed E-state index contributed by atoms with van der Waals surface area (Å²) in [4.78, 5) is 0. The van der Waals surface area contributed by atoms with E-state index in [9.17, 15) is 0 Å². The van der Waals surface area contributed by atoms with E-state index >= 15 is 0 Å². The molecule has 10 heteroatoms. The van der Waals surface area contributed by atoms with Gasteiger partial charge in [0, 0.05) is 0 Å². The van der Waals surface area contributed by atoms with Crippen LogP contribution in [0.3, 0.4) is 0 Å². The van der Waals surface area contributed by atoms with Crippen LogP contribution in [0.4, 0.5) is 11.4 Å². The lowest BCUT2D eigenvalue weighted by Gasteiger charge is -2.21. The molecule has 0 aliphatic heterocycles. The van der Waals surface area contributed by atoms with Gasteiger partial charge >= 0.3 is 0 Å². The van der Waals surface area contributed by atoms with Gasteiger partial charge in [0.1, 0.15) is 0 Å². The average Bonchev–Trinajstić information content (AvgIpc) is 2.66. The second-order valence-corrected chi connectivity index (χ2v) is 6.46. The Morgan fingerprint density at radius 3 is 1.29 bits per heavy atom. The van der Waals surface area contributed by atoms with Gasteiger partial charge in [0.15, 0.2) is 0 Å². The van der Waals surface area contributed by atoms with Gasteiger partial charge in [-0.2, -0.15) is 10.2 Å². The fourth-order valence-electron chi connectivity index (χ4n) is 1.72. The predicted octanol–water partition coefficient (Wildman–Crippen LogP) is 1.59. The minimum absolute atomic E-state index is 0.369. The summed E-state index contributed by atoms with van der Waals surface area (Å²) in [5.74, 6) is 23.0. The Labute approximate surface area is 147 Å². The molecule has 8 N–H and O–H groups in total. The first-order chi connectivity index (χ1) is 11.7. The lowest BCUT2D eigenvalue weighted by atomic mass is 10.3. The molecule has 126 valence electrons. The topological polar surface area (TPSA) is 135 Å². The zero-order valence-corrected chi connectivity index (χ0v) is 14.3. The Bertz CT molecular complexity index is 631. The monoisotopic (exact) mass is 362 g/mol. The lowest BCUT2D eigenvalue weighted by Crippen LogP contribution is -2.38. The maximum atomic E-state index is 6.04. The summed E-state index contributed by atoms with van der Waals surface area (Å²) in [6, 6.07) is 18.6. The van der Waals surface area contributed by atoms with Gasteiger partial charge < -0.3 is 11.7 Å². The molecular weight excluding hydrogens is 344 g/mol. The lowest BCUT2D eigenvalue weighted by molar-refractivity contribution is 1.11. The SMILES string of the molecule is N/N=C(/SS/C(=N/N)N(N)c1ccccc1)N(N)c1ccccc1. The summed E-state index contributed by atoms with van der Waals surface area (Å²) >= 11 is 0. The summed E-state index contributed by atoms with van der Waals surface area (Å²) in [7, 11) is 2.38. The van der Waals surface area contributed by atoms with Crippen molar-refractivity contribution in [3.8, 4) is 0 Å². The summed E-state index contributed by atoms with van der Waals surface area (Å²) < 4.78 is 0. The van der Waals surface area contributed by atoms with Crippen molar-refractivity contribution in [3.63, 3.8) is 0 Å². The molecule has 0 saturated carbocycles. The molecule has 0 aromatic heterocycles. The number of hydrogen-bond donors (Lipinski definition) is 4. The molecule has 0 aliphatic carbocycles. The number of hydrogen-bond acceptors (Lipinski definition) is 8. The van der Waals surface area contributed by atoms with Gasteiger partial charge in [0.25, 0.3) is 0 Å². The number of nitrogens with two attached hydrogens (primary N) is 4. The van der Waals surface area contributed by atoms with Crippen LogP contribution >= 0.6 is 21.6 Å². The second-order valence-electron chi connectivity index (χ2n) is 4.40. The van der Waals surface area contributed by atoms with E-state index in [0.717, 1.165) is 11.4 Å². The third-order valence-electron chi connectivity index (χ3n) is 2.89. The molecule has 2 rings (SSSR count). The zero-order chi connectivity index (χ0) is 17.4. The van der Waals surface area contributed by atoms with E-state index in [1.165, 1.54) is 31.6 Å². The smallest absolute Gasteiger partial charge is 0.212 e. The first kappa shape index (κ1) is 17.9. The molecule has 0 spiro atoms. The van der Waals surface area contributed by atoms with Crippen LogP contribution in [0.2, 0.25) is 0 Å². The summed E-state index contributed by atoms with van der Waals surface area (Å²) in [5.41, 5.74) is 1.49. The maximum Gasteiger partial charge on any atom is 0.212 e. The summed E-state index contributed by atoms with van der Waals surface area (Å²) in [6.45, 7) is 0. The Morgan fingerprint density at radius 1 is 0.667 bits per heavy atom. The maximum absolute atomic E-state index is 6.04. The van der Waals surface area contributed by atoms with E-state index in [1.54, 1.807) is 0 Å². The zero-order valence-electron chi connectivity index (χ0n) is 12.7. The van der Waals surface area contributed by atoms with Crippen molar-refractivity contribution in [1.29, 1.82) is 0 Å². The van der Waals surface area contributed by atoms with Crippen molar-refractivity contribution in [2.24, 2.45) is 33.6 Å². The highest BCUT2D eigenvalue weighted by molar-refractivity contribution is 8.87. The first-order valence-corrected chi connectivity index (χ1v) is 8.92. The van der Waals surface area contributed by atoms with Crippen molar-refractivity contribution in [3.05, 3.63) is 60.7 Å². The molecule has 0 fully saturated rings. The summed E-state index contributed by atoms with van der Waals surface area (Å²) in [5, 5.41) is 10.9. The molecule has 0 saturated heterocycles. The van der Waals surface area contributed by atoms with Crippen LogP contribution in [0.25, 0.3) is 0 Å². The molecule has 2 aromatic carbocycles. The third kappa shape index (κ3) is 4.55. The fraction of sp³-hybridized carbons (Fsp3) is 0. The van der Waals surface area contributed by atoms with Crippen LogP contribution in [-0.2, 0) is 0 Å². The number of nitrogens with zero attached hydrogens (tertiary/aromatic N) is 4. The average molecular weight is 362 g/mol. The van der Waals surface area contributed by atoms with Gasteiger partial charge in [0.2, 0.25) is 10.3 Å². The number of para-hydroxylation sites is 2. The number of rotatable bonds is 2. The quantitative estimate of drug-likeness (QED) is 0.208. The van der Waals surface area contributed by atoms with E-state index in [2.05, 4.69) is 10.2 Å². The molecule has 0 amide bonds. The Balaban J connectivity index is 2.04. The second kappa shape index (κ2) is 9.03. The fourth-order valence-corrected chi connectivity index (χ4v) is 3.51. The molecule has 0 aliphatic rings. The molecule has 24 heavy (non-hydrogen) atoms. The van der Waals surface area contributed by atoms with Crippen molar-refractivity contribution < 1.29 is 0 Å². The Kier molecular flexibility index (Phi) is 6.75. The Hall–Kier alpha value is -2.40. The highest BCUT2D eigenvalue weighted by Crippen LogP contribution is 2.29. The van der Waals surface area contributed by atoms with E-state index < -0.39 is 0 Å². The van der Waals surface area contributed by atoms with Gasteiger partial charge in [-0.25, -0.2) is 11.7 Å². The predicted molar refractivity (Wildman–Crippen MR) is 105 cm³/mol. The third-order valence-corrected chi connectivity index (χ3v) is 5.02. The van der Waals surface area contributed by atoms with Crippen LogP contribution in [-0.4, -0.2) is 10.3 Å². The standard InChI is InChI=1S/C14H18N8S2/c15-19-13(21(17)11-7-3-1-4-8-11)23-24-14(20-16)22(18)12-9-5-2-6-10-12/h1-10H,15-18H2/b19-13+,20-14+. The van der Waals surface area contributed by atoms with Gasteiger partial charge in [-0.1, -0.05) is 36.4 Å². The van der Waals surface area contributed by atoms with E-state index in [1.807, 2.05) is 60.7 Å². The van der Waals surface area contributed by atoms with Crippen LogP contribution in [0, 0.1) is 0 Å². The van der Waals surface area contributed by atoms with Gasteiger partial charge in [-0.15, -0.1) is 0 Å². The van der Waals surface area contributed by atoms with Crippen LogP contribution in [0.5, 0.6) is 0 Å². The normalized spacial score (nSPS) is 12.1. The van der Waals surface area contributed by atoms with E-state index in [0.29, 0.717) is 10.3 Å². The number of hydrazone groups is 2. The highest BCUT2D eigenvalue weighted by atomic mass is 33.1. The van der Waals surface area contributed by atoms with E-state index in [-0.39, 0.29) is 0 Å². The van der Waals surface area contributed by atoms with Gasteiger partial charge in [-0.05, 0) is 45.9 Å². The minimum Gasteiger partial charge on any atom is -0.321 e. The molecule has 0 radical (unpaired) electrons. The van der Waals surface area contributed by atoms with Crippen LogP contribution in [0.15, 0.2) is 70.9 Å². The first-order valence-electron chi connectivity index (χ1n) is 6.77. The summed E-state index contributed by atoms with van der Waals surface area (Å²) in [6.07, 6.45) is 0.